The summed E-state index contributed by atoms with van der Waals surface area (Å²) >= 11 is 0. The first-order chi connectivity index (χ1) is 8.40. The van der Waals surface area contributed by atoms with Gasteiger partial charge in [0.15, 0.2) is 5.78 Å². The summed E-state index contributed by atoms with van der Waals surface area (Å²) in [5.74, 6) is 0.181. The van der Waals surface area contributed by atoms with Crippen LogP contribution in [0.2, 0.25) is 0 Å². The fourth-order valence-electron chi connectivity index (χ4n) is 1.68. The maximum Gasteiger partial charge on any atom is 0.221 e. The summed E-state index contributed by atoms with van der Waals surface area (Å²) < 4.78 is 1.88. The van der Waals surface area contributed by atoms with Crippen molar-refractivity contribution in [1.82, 2.24) is 9.88 Å². The second-order valence-corrected chi connectivity index (χ2v) is 5.13. The van der Waals surface area contributed by atoms with E-state index in [4.69, 9.17) is 0 Å². The van der Waals surface area contributed by atoms with Crippen LogP contribution in [0, 0.1) is 5.92 Å². The molecule has 0 aliphatic heterocycles. The van der Waals surface area contributed by atoms with Crippen molar-refractivity contribution in [1.29, 1.82) is 0 Å². The SMILES string of the molecule is CC(C)NC(=O)CCn1ccc(C(=O)C(C)C)c1. The molecule has 0 radical (unpaired) electrons. The number of aromatic nitrogens is 1. The van der Waals surface area contributed by atoms with Crippen molar-refractivity contribution < 1.29 is 9.59 Å². The smallest absolute Gasteiger partial charge is 0.221 e. The first kappa shape index (κ1) is 14.5. The fraction of sp³-hybridized carbons (Fsp3) is 0.571. The zero-order valence-corrected chi connectivity index (χ0v) is 11.6. The molecule has 4 nitrogen and oxygen atoms in total. The van der Waals surface area contributed by atoms with E-state index in [-0.39, 0.29) is 23.7 Å². The van der Waals surface area contributed by atoms with E-state index in [1.165, 1.54) is 0 Å². The van der Waals surface area contributed by atoms with Gasteiger partial charge < -0.3 is 9.88 Å². The number of hydrogen-bond acceptors (Lipinski definition) is 2. The second-order valence-electron chi connectivity index (χ2n) is 5.13. The van der Waals surface area contributed by atoms with E-state index < -0.39 is 0 Å². The third-order valence-corrected chi connectivity index (χ3v) is 2.61. The van der Waals surface area contributed by atoms with Crippen molar-refractivity contribution in [2.75, 3.05) is 0 Å². The van der Waals surface area contributed by atoms with Gasteiger partial charge in [-0.2, -0.15) is 0 Å². The van der Waals surface area contributed by atoms with Gasteiger partial charge in [-0.15, -0.1) is 0 Å². The number of nitrogens with one attached hydrogen (secondary N) is 1. The number of ketones is 1. The van der Waals surface area contributed by atoms with E-state index in [0.29, 0.717) is 18.5 Å². The topological polar surface area (TPSA) is 51.1 Å². The summed E-state index contributed by atoms with van der Waals surface area (Å²) in [7, 11) is 0. The van der Waals surface area contributed by atoms with Gasteiger partial charge in [0.1, 0.15) is 0 Å². The highest BCUT2D eigenvalue weighted by Crippen LogP contribution is 2.09. The van der Waals surface area contributed by atoms with Crippen LogP contribution < -0.4 is 5.32 Å². The lowest BCUT2D eigenvalue weighted by Gasteiger charge is -2.08. The van der Waals surface area contributed by atoms with Crippen LogP contribution in [0.4, 0.5) is 0 Å². The van der Waals surface area contributed by atoms with E-state index in [9.17, 15) is 9.59 Å². The summed E-state index contributed by atoms with van der Waals surface area (Å²) in [6.07, 6.45) is 4.09. The minimum Gasteiger partial charge on any atom is -0.354 e. The molecule has 0 saturated heterocycles. The quantitative estimate of drug-likeness (QED) is 0.787. The molecule has 0 fully saturated rings. The molecule has 1 aromatic heterocycles. The number of rotatable bonds is 6. The second kappa shape index (κ2) is 6.38. The zero-order chi connectivity index (χ0) is 13.7. The van der Waals surface area contributed by atoms with Gasteiger partial charge in [0.05, 0.1) is 0 Å². The summed E-state index contributed by atoms with van der Waals surface area (Å²) in [4.78, 5) is 23.2. The molecular formula is C14H22N2O2. The molecule has 1 N–H and O–H groups in total. The van der Waals surface area contributed by atoms with Crippen LogP contribution in [0.1, 0.15) is 44.5 Å². The summed E-state index contributed by atoms with van der Waals surface area (Å²) in [6, 6.07) is 1.98. The van der Waals surface area contributed by atoms with Crippen molar-refractivity contribution >= 4 is 11.7 Å². The fourth-order valence-corrected chi connectivity index (χ4v) is 1.68. The van der Waals surface area contributed by atoms with Crippen LogP contribution in [0.15, 0.2) is 18.5 Å². The van der Waals surface area contributed by atoms with Gasteiger partial charge in [0, 0.05) is 42.9 Å². The lowest BCUT2D eigenvalue weighted by Crippen LogP contribution is -2.30. The molecule has 0 aliphatic carbocycles. The van der Waals surface area contributed by atoms with Crippen molar-refractivity contribution in [2.45, 2.75) is 46.7 Å². The predicted octanol–water partition coefficient (Wildman–Crippen LogP) is 2.24. The summed E-state index contributed by atoms with van der Waals surface area (Å²) in [5.41, 5.74) is 0.717. The first-order valence-electron chi connectivity index (χ1n) is 6.39. The number of amides is 1. The minimum atomic E-state index is 0.00471. The van der Waals surface area contributed by atoms with Crippen LogP contribution in [0.3, 0.4) is 0 Å². The van der Waals surface area contributed by atoms with Crippen LogP contribution in [-0.2, 0) is 11.3 Å². The normalized spacial score (nSPS) is 11.0. The molecule has 0 bridgehead atoms. The molecule has 1 rings (SSSR count). The molecule has 0 atom stereocenters. The highest BCUT2D eigenvalue weighted by atomic mass is 16.1. The van der Waals surface area contributed by atoms with Gasteiger partial charge in [0.2, 0.25) is 5.91 Å². The maximum atomic E-state index is 11.7. The van der Waals surface area contributed by atoms with Crippen LogP contribution >= 0.6 is 0 Å². The first-order valence-corrected chi connectivity index (χ1v) is 6.39. The Labute approximate surface area is 108 Å². The Morgan fingerprint density at radius 2 is 1.94 bits per heavy atom. The molecule has 100 valence electrons. The number of Topliss-reactive ketones (excluding diaryl/α,β-unsaturated/α-hetero) is 1. The van der Waals surface area contributed by atoms with Gasteiger partial charge >= 0.3 is 0 Å². The maximum absolute atomic E-state index is 11.7. The van der Waals surface area contributed by atoms with Crippen molar-refractivity contribution in [3.63, 3.8) is 0 Å². The summed E-state index contributed by atoms with van der Waals surface area (Å²) in [6.45, 7) is 8.25. The lowest BCUT2D eigenvalue weighted by atomic mass is 10.0. The molecule has 1 aromatic rings. The standard InChI is InChI=1S/C14H22N2O2/c1-10(2)14(18)12-5-7-16(9-12)8-6-13(17)15-11(3)4/h5,7,9-11H,6,8H2,1-4H3,(H,15,17). The number of carbonyl (C=O) groups is 2. The number of nitrogens with zero attached hydrogens (tertiary/aromatic N) is 1. The van der Waals surface area contributed by atoms with Crippen LogP contribution in [0.5, 0.6) is 0 Å². The monoisotopic (exact) mass is 250 g/mol. The Morgan fingerprint density at radius 3 is 2.50 bits per heavy atom. The molecule has 18 heavy (non-hydrogen) atoms. The molecule has 1 heterocycles. The highest BCUT2D eigenvalue weighted by molar-refractivity contribution is 5.97. The van der Waals surface area contributed by atoms with E-state index in [1.807, 2.05) is 50.7 Å². The average molecular weight is 250 g/mol. The third kappa shape index (κ3) is 4.35. The summed E-state index contributed by atoms with van der Waals surface area (Å²) in [5, 5.41) is 2.84. The third-order valence-electron chi connectivity index (χ3n) is 2.61. The van der Waals surface area contributed by atoms with Gasteiger partial charge in [-0.1, -0.05) is 13.8 Å². The van der Waals surface area contributed by atoms with Gasteiger partial charge in [0.25, 0.3) is 0 Å². The van der Waals surface area contributed by atoms with Crippen molar-refractivity contribution in [3.8, 4) is 0 Å². The van der Waals surface area contributed by atoms with Crippen LogP contribution in [-0.4, -0.2) is 22.3 Å². The molecule has 0 saturated carbocycles. The van der Waals surface area contributed by atoms with Crippen molar-refractivity contribution in [3.05, 3.63) is 24.0 Å². The molecule has 4 heteroatoms. The molecule has 0 aromatic carbocycles. The predicted molar refractivity (Wildman–Crippen MR) is 71.5 cm³/mol. The number of carbonyl (C=O) groups excluding carboxylic acids is 2. The van der Waals surface area contributed by atoms with E-state index in [2.05, 4.69) is 5.32 Å². The van der Waals surface area contributed by atoms with Gasteiger partial charge in [-0.05, 0) is 19.9 Å². The van der Waals surface area contributed by atoms with E-state index in [1.54, 1.807) is 0 Å². The van der Waals surface area contributed by atoms with Gasteiger partial charge in [-0.3, -0.25) is 9.59 Å². The Hall–Kier alpha value is -1.58. The van der Waals surface area contributed by atoms with Crippen LogP contribution in [0.25, 0.3) is 0 Å². The van der Waals surface area contributed by atoms with E-state index >= 15 is 0 Å². The van der Waals surface area contributed by atoms with Gasteiger partial charge in [-0.25, -0.2) is 0 Å². The van der Waals surface area contributed by atoms with E-state index in [0.717, 1.165) is 0 Å². The molecule has 0 aliphatic rings. The Balaban J connectivity index is 2.50. The van der Waals surface area contributed by atoms with Crippen molar-refractivity contribution in [2.24, 2.45) is 5.92 Å². The Bertz CT molecular complexity index is 419. The molecule has 0 unspecified atom stereocenters. The largest absolute Gasteiger partial charge is 0.354 e. The zero-order valence-electron chi connectivity index (χ0n) is 11.6. The molecule has 1 amide bonds. The minimum absolute atomic E-state index is 0.00471. The molecular weight excluding hydrogens is 228 g/mol. The highest BCUT2D eigenvalue weighted by Gasteiger charge is 2.11. The Morgan fingerprint density at radius 1 is 1.28 bits per heavy atom. The number of hydrogen-bond donors (Lipinski definition) is 1. The average Bonchev–Trinajstić information content (AvgIpc) is 2.72. The number of aryl methyl sites for hydroxylation is 1. The molecule has 0 spiro atoms. The lowest BCUT2D eigenvalue weighted by molar-refractivity contribution is -0.121. The Kier molecular flexibility index (Phi) is 5.13.